The molecule has 0 aliphatic heterocycles. The summed E-state index contributed by atoms with van der Waals surface area (Å²) in [5.74, 6) is -0.507. The number of imidazole rings is 1. The molecule has 0 aliphatic carbocycles. The fourth-order valence-corrected chi connectivity index (χ4v) is 2.34. The minimum Gasteiger partial charge on any atom is -0.525 e. The van der Waals surface area contributed by atoms with Crippen LogP contribution < -0.4 is 16.7 Å². The SMILES string of the molecule is N[C@H](C(=O)OB(c1ccccc1)c1ccccc1)c1cnc[nH]1. The first-order valence-corrected chi connectivity index (χ1v) is 7.30. The molecule has 0 fully saturated rings. The van der Waals surface area contributed by atoms with E-state index in [4.69, 9.17) is 10.4 Å². The Bertz CT molecular complexity index is 709. The van der Waals surface area contributed by atoms with E-state index in [-0.39, 0.29) is 0 Å². The quantitative estimate of drug-likeness (QED) is 0.682. The van der Waals surface area contributed by atoms with Crippen LogP contribution in [0.15, 0.2) is 73.2 Å². The molecule has 1 heterocycles. The van der Waals surface area contributed by atoms with E-state index in [1.807, 2.05) is 60.7 Å². The molecular formula is C17H16BN3O2. The lowest BCUT2D eigenvalue weighted by Gasteiger charge is -2.17. The summed E-state index contributed by atoms with van der Waals surface area (Å²) in [6.45, 7) is -0.501. The topological polar surface area (TPSA) is 81.0 Å². The average Bonchev–Trinajstić information content (AvgIpc) is 3.15. The molecule has 0 amide bonds. The summed E-state index contributed by atoms with van der Waals surface area (Å²) < 4.78 is 5.70. The Morgan fingerprint density at radius 2 is 1.61 bits per heavy atom. The monoisotopic (exact) mass is 305 g/mol. The highest BCUT2D eigenvalue weighted by Crippen LogP contribution is 2.08. The number of nitrogens with zero attached hydrogens (tertiary/aromatic N) is 1. The first-order valence-electron chi connectivity index (χ1n) is 7.30. The lowest BCUT2D eigenvalue weighted by molar-refractivity contribution is -0.136. The van der Waals surface area contributed by atoms with Crippen molar-refractivity contribution in [2.24, 2.45) is 5.73 Å². The molecule has 0 spiro atoms. The number of aromatic amines is 1. The molecule has 0 saturated heterocycles. The molecule has 1 atom stereocenters. The number of carbonyl (C=O) groups excluding carboxylic acids is 1. The Kier molecular flexibility index (Phi) is 4.54. The number of hydrogen-bond donors (Lipinski definition) is 2. The summed E-state index contributed by atoms with van der Waals surface area (Å²) in [5, 5.41) is 0. The molecule has 3 rings (SSSR count). The van der Waals surface area contributed by atoms with E-state index in [2.05, 4.69) is 9.97 Å². The molecule has 0 radical (unpaired) electrons. The van der Waals surface area contributed by atoms with Crippen molar-refractivity contribution < 1.29 is 9.45 Å². The Labute approximate surface area is 134 Å². The highest BCUT2D eigenvalue weighted by molar-refractivity contribution is 6.81. The molecule has 1 aromatic heterocycles. The van der Waals surface area contributed by atoms with Crippen molar-refractivity contribution in [3.63, 3.8) is 0 Å². The maximum absolute atomic E-state index is 12.4. The van der Waals surface area contributed by atoms with E-state index in [1.54, 1.807) is 0 Å². The lowest BCUT2D eigenvalue weighted by atomic mass is 9.55. The third-order valence-corrected chi connectivity index (χ3v) is 3.55. The van der Waals surface area contributed by atoms with Crippen molar-refractivity contribution in [1.29, 1.82) is 0 Å². The highest BCUT2D eigenvalue weighted by atomic mass is 16.5. The van der Waals surface area contributed by atoms with Gasteiger partial charge in [0.2, 0.25) is 0 Å². The van der Waals surface area contributed by atoms with Gasteiger partial charge in [0.05, 0.1) is 18.2 Å². The van der Waals surface area contributed by atoms with E-state index in [0.29, 0.717) is 5.69 Å². The number of benzene rings is 2. The summed E-state index contributed by atoms with van der Waals surface area (Å²) >= 11 is 0. The van der Waals surface area contributed by atoms with Crippen molar-refractivity contribution in [3.05, 3.63) is 78.9 Å². The molecule has 2 aromatic carbocycles. The maximum Gasteiger partial charge on any atom is 0.429 e. The van der Waals surface area contributed by atoms with E-state index in [1.165, 1.54) is 12.5 Å². The zero-order valence-electron chi connectivity index (χ0n) is 12.4. The van der Waals surface area contributed by atoms with Gasteiger partial charge in [0.15, 0.2) is 0 Å². The number of nitrogens with one attached hydrogen (secondary N) is 1. The number of aromatic nitrogens is 2. The Hall–Kier alpha value is -2.86. The van der Waals surface area contributed by atoms with Crippen LogP contribution in [0.25, 0.3) is 0 Å². The molecule has 0 aliphatic rings. The molecule has 6 heteroatoms. The second kappa shape index (κ2) is 6.94. The van der Waals surface area contributed by atoms with Gasteiger partial charge >= 0.3 is 12.9 Å². The second-order valence-electron chi connectivity index (χ2n) is 5.12. The fraction of sp³-hybridized carbons (Fsp3) is 0.0588. The molecule has 0 unspecified atom stereocenters. The smallest absolute Gasteiger partial charge is 0.429 e. The predicted octanol–water partition coefficient (Wildman–Crippen LogP) is 0.759. The summed E-state index contributed by atoms with van der Waals surface area (Å²) in [7, 11) is 0. The molecule has 5 nitrogen and oxygen atoms in total. The lowest BCUT2D eigenvalue weighted by Crippen LogP contribution is -2.47. The van der Waals surface area contributed by atoms with Crippen LogP contribution in [0.5, 0.6) is 0 Å². The third kappa shape index (κ3) is 3.49. The average molecular weight is 305 g/mol. The van der Waals surface area contributed by atoms with Gasteiger partial charge in [0.1, 0.15) is 6.04 Å². The third-order valence-electron chi connectivity index (χ3n) is 3.55. The number of rotatable bonds is 5. The normalized spacial score (nSPS) is 11.7. The van der Waals surface area contributed by atoms with E-state index in [9.17, 15) is 4.79 Å². The Morgan fingerprint density at radius 1 is 1.04 bits per heavy atom. The molecule has 3 aromatic rings. The number of H-pyrrole nitrogens is 1. The van der Waals surface area contributed by atoms with Crippen molar-refractivity contribution in [2.75, 3.05) is 0 Å². The number of hydrogen-bond acceptors (Lipinski definition) is 4. The van der Waals surface area contributed by atoms with Crippen molar-refractivity contribution in [2.45, 2.75) is 6.04 Å². The Balaban J connectivity index is 1.86. The van der Waals surface area contributed by atoms with Gasteiger partial charge < -0.3 is 15.4 Å². The van der Waals surface area contributed by atoms with Gasteiger partial charge in [-0.05, 0) is 10.9 Å². The highest BCUT2D eigenvalue weighted by Gasteiger charge is 2.29. The van der Waals surface area contributed by atoms with Gasteiger partial charge in [0, 0.05) is 0 Å². The zero-order chi connectivity index (χ0) is 16.1. The largest absolute Gasteiger partial charge is 0.525 e. The van der Waals surface area contributed by atoms with Crippen molar-refractivity contribution in [1.82, 2.24) is 9.97 Å². The van der Waals surface area contributed by atoms with Crippen LogP contribution in [0.3, 0.4) is 0 Å². The van der Waals surface area contributed by atoms with Gasteiger partial charge in [-0.3, -0.25) is 4.79 Å². The first kappa shape index (κ1) is 15.1. The molecule has 0 saturated carbocycles. The van der Waals surface area contributed by atoms with Crippen LogP contribution >= 0.6 is 0 Å². The van der Waals surface area contributed by atoms with E-state index >= 15 is 0 Å². The number of carbonyl (C=O) groups is 1. The van der Waals surface area contributed by atoms with Gasteiger partial charge in [-0.15, -0.1) is 0 Å². The fourth-order valence-electron chi connectivity index (χ4n) is 2.34. The maximum atomic E-state index is 12.4. The zero-order valence-corrected chi connectivity index (χ0v) is 12.4. The first-order chi connectivity index (χ1) is 11.3. The van der Waals surface area contributed by atoms with Crippen molar-refractivity contribution in [3.8, 4) is 0 Å². The van der Waals surface area contributed by atoms with Crippen LogP contribution in [0, 0.1) is 0 Å². The number of nitrogens with two attached hydrogens (primary N) is 1. The van der Waals surface area contributed by atoms with Gasteiger partial charge in [-0.2, -0.15) is 0 Å². The van der Waals surface area contributed by atoms with Crippen LogP contribution in [-0.2, 0) is 9.45 Å². The predicted molar refractivity (Wildman–Crippen MR) is 89.5 cm³/mol. The minimum absolute atomic E-state index is 0.501. The summed E-state index contributed by atoms with van der Waals surface area (Å²) in [6.07, 6.45) is 3.00. The second-order valence-corrected chi connectivity index (χ2v) is 5.12. The minimum atomic E-state index is -0.896. The summed E-state index contributed by atoms with van der Waals surface area (Å²) in [4.78, 5) is 19.1. The summed E-state index contributed by atoms with van der Waals surface area (Å²) in [5.41, 5.74) is 8.25. The van der Waals surface area contributed by atoms with Crippen molar-refractivity contribution >= 4 is 23.8 Å². The van der Waals surface area contributed by atoms with Crippen LogP contribution in [-0.4, -0.2) is 22.9 Å². The van der Waals surface area contributed by atoms with Gasteiger partial charge in [-0.1, -0.05) is 60.7 Å². The molecule has 114 valence electrons. The summed E-state index contributed by atoms with van der Waals surface area (Å²) in [6, 6.07) is 18.3. The van der Waals surface area contributed by atoms with Gasteiger partial charge in [-0.25, -0.2) is 4.98 Å². The van der Waals surface area contributed by atoms with E-state index < -0.39 is 18.9 Å². The molecule has 0 bridgehead atoms. The van der Waals surface area contributed by atoms with Crippen LogP contribution in [0.4, 0.5) is 0 Å². The van der Waals surface area contributed by atoms with Crippen LogP contribution in [0.2, 0.25) is 0 Å². The molecular weight excluding hydrogens is 289 g/mol. The molecule has 23 heavy (non-hydrogen) atoms. The standard InChI is InChI=1S/C17H16BN3O2/c19-16(15-11-20-12-21-15)17(22)23-18(13-7-3-1-4-8-13)14-9-5-2-6-10-14/h1-12,16H,19H2,(H,20,21)/t16-/m0/s1. The van der Waals surface area contributed by atoms with E-state index in [0.717, 1.165) is 10.9 Å². The van der Waals surface area contributed by atoms with Gasteiger partial charge in [0.25, 0.3) is 0 Å². The molecule has 3 N–H and O–H groups in total. The Morgan fingerprint density at radius 3 is 2.09 bits per heavy atom. The van der Waals surface area contributed by atoms with Crippen LogP contribution in [0.1, 0.15) is 11.7 Å².